The topological polar surface area (TPSA) is 40.5 Å². The zero-order valence-electron chi connectivity index (χ0n) is 9.79. The quantitative estimate of drug-likeness (QED) is 0.510. The molecule has 3 heteroatoms. The molecule has 0 aromatic rings. The van der Waals surface area contributed by atoms with Crippen LogP contribution in [-0.4, -0.2) is 34.9 Å². The maximum absolute atomic E-state index is 8.59. The molecule has 0 heterocycles. The Labute approximate surface area is 98.5 Å². The molecular weight excluding hydrogens is 208 g/mol. The van der Waals surface area contributed by atoms with Crippen LogP contribution in [0.1, 0.15) is 51.4 Å². The summed E-state index contributed by atoms with van der Waals surface area (Å²) in [6.07, 6.45) is 9.39. The van der Waals surface area contributed by atoms with Gasteiger partial charge in [-0.2, -0.15) is 11.8 Å². The second-order valence-corrected chi connectivity index (χ2v) is 5.11. The molecular formula is C12H26O2S. The van der Waals surface area contributed by atoms with Gasteiger partial charge >= 0.3 is 0 Å². The van der Waals surface area contributed by atoms with Crippen molar-refractivity contribution in [1.82, 2.24) is 0 Å². The fourth-order valence-corrected chi connectivity index (χ4v) is 2.46. The van der Waals surface area contributed by atoms with E-state index in [1.165, 1.54) is 50.0 Å². The highest BCUT2D eigenvalue weighted by Crippen LogP contribution is 2.11. The first-order valence-corrected chi connectivity index (χ1v) is 7.36. The lowest BCUT2D eigenvalue weighted by atomic mass is 10.2. The van der Waals surface area contributed by atoms with Gasteiger partial charge in [-0.05, 0) is 37.2 Å². The molecule has 0 aliphatic heterocycles. The van der Waals surface area contributed by atoms with Crippen LogP contribution in [0.4, 0.5) is 0 Å². The van der Waals surface area contributed by atoms with Gasteiger partial charge in [0.05, 0.1) is 0 Å². The van der Waals surface area contributed by atoms with Gasteiger partial charge in [0, 0.05) is 13.2 Å². The maximum atomic E-state index is 8.59. The molecule has 2 nitrogen and oxygen atoms in total. The molecule has 0 atom stereocenters. The van der Waals surface area contributed by atoms with E-state index in [9.17, 15) is 0 Å². The van der Waals surface area contributed by atoms with Gasteiger partial charge in [-0.1, -0.05) is 25.7 Å². The van der Waals surface area contributed by atoms with Crippen molar-refractivity contribution >= 4 is 11.8 Å². The molecule has 0 radical (unpaired) electrons. The lowest BCUT2D eigenvalue weighted by Gasteiger charge is -2.01. The molecule has 0 bridgehead atoms. The molecule has 0 rings (SSSR count). The summed E-state index contributed by atoms with van der Waals surface area (Å²) in [7, 11) is 0. The Bertz CT molecular complexity index is 97.8. The summed E-state index contributed by atoms with van der Waals surface area (Å²) >= 11 is 2.04. The first-order valence-electron chi connectivity index (χ1n) is 6.21. The molecule has 15 heavy (non-hydrogen) atoms. The molecule has 92 valence electrons. The Hall–Kier alpha value is 0.270. The van der Waals surface area contributed by atoms with Gasteiger partial charge in [-0.15, -0.1) is 0 Å². The third-order valence-electron chi connectivity index (χ3n) is 2.39. The maximum Gasteiger partial charge on any atom is 0.0431 e. The van der Waals surface area contributed by atoms with E-state index in [1.54, 1.807) is 0 Å². The summed E-state index contributed by atoms with van der Waals surface area (Å²) in [6.45, 7) is 0.690. The Morgan fingerprint density at radius 1 is 0.533 bits per heavy atom. The van der Waals surface area contributed by atoms with Crippen molar-refractivity contribution in [1.29, 1.82) is 0 Å². The second kappa shape index (κ2) is 14.3. The number of unbranched alkanes of at least 4 members (excludes halogenated alkanes) is 6. The predicted octanol–water partition coefficient (Wildman–Crippen LogP) is 2.83. The van der Waals surface area contributed by atoms with Gasteiger partial charge in [0.15, 0.2) is 0 Å². The van der Waals surface area contributed by atoms with Gasteiger partial charge in [0.1, 0.15) is 0 Å². The van der Waals surface area contributed by atoms with E-state index < -0.39 is 0 Å². The molecule has 0 aromatic carbocycles. The highest BCUT2D eigenvalue weighted by atomic mass is 32.2. The zero-order valence-corrected chi connectivity index (χ0v) is 10.6. The minimum Gasteiger partial charge on any atom is -0.396 e. The largest absolute Gasteiger partial charge is 0.396 e. The molecule has 2 N–H and O–H groups in total. The standard InChI is InChI=1S/C12H26O2S/c13-9-5-1-3-7-11-15-12-8-4-2-6-10-14/h13-14H,1-12H2. The molecule has 0 spiro atoms. The average molecular weight is 234 g/mol. The van der Waals surface area contributed by atoms with Crippen LogP contribution in [0.2, 0.25) is 0 Å². The molecule has 0 amide bonds. The van der Waals surface area contributed by atoms with Crippen LogP contribution < -0.4 is 0 Å². The Morgan fingerprint density at radius 3 is 1.33 bits per heavy atom. The average Bonchev–Trinajstić information content (AvgIpc) is 2.26. The van der Waals surface area contributed by atoms with Gasteiger partial charge < -0.3 is 10.2 Å². The smallest absolute Gasteiger partial charge is 0.0431 e. The summed E-state index contributed by atoms with van der Waals surface area (Å²) < 4.78 is 0. The Kier molecular flexibility index (Phi) is 14.5. The van der Waals surface area contributed by atoms with Crippen molar-refractivity contribution in [2.24, 2.45) is 0 Å². The Balaban J connectivity index is 2.81. The van der Waals surface area contributed by atoms with Crippen LogP contribution in [0.15, 0.2) is 0 Å². The van der Waals surface area contributed by atoms with Gasteiger partial charge in [0.25, 0.3) is 0 Å². The SMILES string of the molecule is OCCCCCCSCCCCCCO. The number of aliphatic hydroxyl groups excluding tert-OH is 2. The van der Waals surface area contributed by atoms with Crippen molar-refractivity contribution in [2.45, 2.75) is 51.4 Å². The monoisotopic (exact) mass is 234 g/mol. The predicted molar refractivity (Wildman–Crippen MR) is 68.4 cm³/mol. The van der Waals surface area contributed by atoms with Crippen LogP contribution in [0, 0.1) is 0 Å². The normalized spacial score (nSPS) is 10.8. The fraction of sp³-hybridized carbons (Fsp3) is 1.00. The number of aliphatic hydroxyl groups is 2. The number of thioether (sulfide) groups is 1. The number of hydrogen-bond donors (Lipinski definition) is 2. The second-order valence-electron chi connectivity index (χ2n) is 3.89. The first-order chi connectivity index (χ1) is 7.41. The van der Waals surface area contributed by atoms with E-state index in [-0.39, 0.29) is 0 Å². The van der Waals surface area contributed by atoms with Crippen molar-refractivity contribution < 1.29 is 10.2 Å². The van der Waals surface area contributed by atoms with E-state index >= 15 is 0 Å². The fourth-order valence-electron chi connectivity index (χ4n) is 1.44. The van der Waals surface area contributed by atoms with Gasteiger partial charge in [-0.25, -0.2) is 0 Å². The Morgan fingerprint density at radius 2 is 0.933 bits per heavy atom. The minimum atomic E-state index is 0.345. The summed E-state index contributed by atoms with van der Waals surface area (Å²) in [5.74, 6) is 2.54. The van der Waals surface area contributed by atoms with Gasteiger partial charge in [-0.3, -0.25) is 0 Å². The van der Waals surface area contributed by atoms with Crippen LogP contribution in [0.5, 0.6) is 0 Å². The highest BCUT2D eigenvalue weighted by Gasteiger charge is 1.92. The van der Waals surface area contributed by atoms with Crippen LogP contribution in [0.25, 0.3) is 0 Å². The molecule has 0 unspecified atom stereocenters. The van der Waals surface area contributed by atoms with Crippen molar-refractivity contribution in [3.8, 4) is 0 Å². The summed E-state index contributed by atoms with van der Waals surface area (Å²) in [5, 5.41) is 17.2. The van der Waals surface area contributed by atoms with Crippen molar-refractivity contribution in [3.63, 3.8) is 0 Å². The molecule has 0 aliphatic rings. The third kappa shape index (κ3) is 14.3. The van der Waals surface area contributed by atoms with E-state index in [4.69, 9.17) is 10.2 Å². The lowest BCUT2D eigenvalue weighted by molar-refractivity contribution is 0.283. The van der Waals surface area contributed by atoms with Gasteiger partial charge in [0.2, 0.25) is 0 Å². The summed E-state index contributed by atoms with van der Waals surface area (Å²) in [5.41, 5.74) is 0. The summed E-state index contributed by atoms with van der Waals surface area (Å²) in [4.78, 5) is 0. The molecule has 0 saturated carbocycles. The van der Waals surface area contributed by atoms with Crippen molar-refractivity contribution in [2.75, 3.05) is 24.7 Å². The number of rotatable bonds is 12. The minimum absolute atomic E-state index is 0.345. The van der Waals surface area contributed by atoms with E-state index in [2.05, 4.69) is 0 Å². The van der Waals surface area contributed by atoms with E-state index in [0.29, 0.717) is 13.2 Å². The molecule has 0 saturated heterocycles. The lowest BCUT2D eigenvalue weighted by Crippen LogP contribution is -1.88. The molecule has 0 aliphatic carbocycles. The third-order valence-corrected chi connectivity index (χ3v) is 3.55. The zero-order chi connectivity index (χ0) is 11.2. The summed E-state index contributed by atoms with van der Waals surface area (Å²) in [6, 6.07) is 0. The van der Waals surface area contributed by atoms with Crippen LogP contribution in [0.3, 0.4) is 0 Å². The van der Waals surface area contributed by atoms with Crippen LogP contribution in [-0.2, 0) is 0 Å². The molecule has 0 fully saturated rings. The molecule has 0 aromatic heterocycles. The number of hydrogen-bond acceptors (Lipinski definition) is 3. The van der Waals surface area contributed by atoms with E-state index in [0.717, 1.165) is 12.8 Å². The van der Waals surface area contributed by atoms with E-state index in [1.807, 2.05) is 11.8 Å². The highest BCUT2D eigenvalue weighted by molar-refractivity contribution is 7.99. The van der Waals surface area contributed by atoms with Crippen molar-refractivity contribution in [3.05, 3.63) is 0 Å². The van der Waals surface area contributed by atoms with Crippen LogP contribution >= 0.6 is 11.8 Å². The first kappa shape index (κ1) is 15.3.